The van der Waals surface area contributed by atoms with E-state index in [1.165, 1.54) is 0 Å². The molecule has 1 aromatic carbocycles. The fourth-order valence-corrected chi connectivity index (χ4v) is 2.50. The number of rotatable bonds is 6. The van der Waals surface area contributed by atoms with Crippen molar-refractivity contribution in [3.63, 3.8) is 0 Å². The normalized spacial score (nSPS) is 10.4. The topological polar surface area (TPSA) is 53.9 Å². The second-order valence-corrected chi connectivity index (χ2v) is 5.45. The van der Waals surface area contributed by atoms with E-state index in [0.29, 0.717) is 12.5 Å². The molecule has 24 heavy (non-hydrogen) atoms. The second-order valence-electron chi connectivity index (χ2n) is 5.45. The molecule has 0 unspecified atom stereocenters. The fourth-order valence-electron chi connectivity index (χ4n) is 2.50. The number of aryl methyl sites for hydroxylation is 1. The van der Waals surface area contributed by atoms with Crippen LogP contribution in [0.1, 0.15) is 18.3 Å². The quantitative estimate of drug-likeness (QED) is 0.745. The summed E-state index contributed by atoms with van der Waals surface area (Å²) in [7, 11) is 0. The van der Waals surface area contributed by atoms with Crippen LogP contribution >= 0.6 is 0 Å². The van der Waals surface area contributed by atoms with Crippen LogP contribution < -0.4 is 10.2 Å². The Morgan fingerprint density at radius 1 is 1.00 bits per heavy atom. The molecule has 1 N–H and O–H groups in total. The number of pyridine rings is 1. The van der Waals surface area contributed by atoms with Gasteiger partial charge in [0.15, 0.2) is 0 Å². The van der Waals surface area contributed by atoms with Crippen molar-refractivity contribution in [2.75, 3.05) is 16.8 Å². The number of hydrogen-bond acceptors (Lipinski definition) is 5. The smallest absolute Gasteiger partial charge is 0.232 e. The third-order valence-electron chi connectivity index (χ3n) is 3.64. The summed E-state index contributed by atoms with van der Waals surface area (Å²) in [5.41, 5.74) is 2.99. The van der Waals surface area contributed by atoms with Crippen molar-refractivity contribution in [2.45, 2.75) is 20.4 Å². The van der Waals surface area contributed by atoms with Crippen molar-refractivity contribution >= 4 is 17.5 Å². The van der Waals surface area contributed by atoms with Crippen LogP contribution in [0.3, 0.4) is 0 Å². The Balaban J connectivity index is 1.83. The molecule has 0 aliphatic rings. The minimum Gasteiger partial charge on any atom is -0.364 e. The predicted octanol–water partition coefficient (Wildman–Crippen LogP) is 3.95. The van der Waals surface area contributed by atoms with Crippen LogP contribution in [0.4, 0.5) is 17.5 Å². The lowest BCUT2D eigenvalue weighted by molar-refractivity contribution is 0.927. The van der Waals surface area contributed by atoms with Gasteiger partial charge in [0.2, 0.25) is 5.95 Å². The Morgan fingerprint density at radius 3 is 2.50 bits per heavy atom. The van der Waals surface area contributed by atoms with Gasteiger partial charge < -0.3 is 10.2 Å². The molecule has 0 atom stereocenters. The van der Waals surface area contributed by atoms with Crippen LogP contribution in [0, 0.1) is 6.92 Å². The molecule has 2 aromatic heterocycles. The number of anilines is 3. The van der Waals surface area contributed by atoms with Crippen molar-refractivity contribution < 1.29 is 0 Å². The fraction of sp³-hybridized carbons (Fsp3) is 0.211. The molecule has 0 bridgehead atoms. The third-order valence-corrected chi connectivity index (χ3v) is 3.64. The van der Waals surface area contributed by atoms with Gasteiger partial charge in [0.1, 0.15) is 5.82 Å². The van der Waals surface area contributed by atoms with Gasteiger partial charge in [-0.1, -0.05) is 24.3 Å². The molecule has 0 aliphatic heterocycles. The lowest BCUT2D eigenvalue weighted by Crippen LogP contribution is -2.19. The maximum absolute atomic E-state index is 4.67. The molecule has 0 radical (unpaired) electrons. The van der Waals surface area contributed by atoms with Gasteiger partial charge >= 0.3 is 0 Å². The molecule has 0 aliphatic carbocycles. The Morgan fingerprint density at radius 2 is 1.79 bits per heavy atom. The zero-order valence-electron chi connectivity index (χ0n) is 14.0. The van der Waals surface area contributed by atoms with Gasteiger partial charge in [0.05, 0.1) is 12.2 Å². The monoisotopic (exact) mass is 319 g/mol. The summed E-state index contributed by atoms with van der Waals surface area (Å²) < 4.78 is 0. The third kappa shape index (κ3) is 3.87. The molecule has 5 nitrogen and oxygen atoms in total. The Labute approximate surface area is 142 Å². The number of benzene rings is 1. The van der Waals surface area contributed by atoms with Crippen molar-refractivity contribution in [3.8, 4) is 0 Å². The van der Waals surface area contributed by atoms with Crippen LogP contribution in [0.15, 0.2) is 60.8 Å². The molecule has 0 saturated heterocycles. The van der Waals surface area contributed by atoms with Crippen LogP contribution in [-0.4, -0.2) is 21.5 Å². The maximum atomic E-state index is 4.67. The molecule has 3 aromatic rings. The second kappa shape index (κ2) is 7.55. The van der Waals surface area contributed by atoms with E-state index in [9.17, 15) is 0 Å². The average Bonchev–Trinajstić information content (AvgIpc) is 2.62. The first-order chi connectivity index (χ1) is 11.8. The minimum atomic E-state index is 0.633. The molecular weight excluding hydrogens is 298 g/mol. The van der Waals surface area contributed by atoms with E-state index in [0.717, 1.165) is 29.4 Å². The van der Waals surface area contributed by atoms with Crippen molar-refractivity contribution in [1.82, 2.24) is 15.0 Å². The van der Waals surface area contributed by atoms with Gasteiger partial charge in [-0.05, 0) is 38.1 Å². The first kappa shape index (κ1) is 15.9. The van der Waals surface area contributed by atoms with E-state index in [1.807, 2.05) is 49.4 Å². The molecule has 0 fully saturated rings. The molecule has 3 rings (SSSR count). The average molecular weight is 319 g/mol. The first-order valence-electron chi connectivity index (χ1n) is 8.08. The highest BCUT2D eigenvalue weighted by atomic mass is 15.3. The lowest BCUT2D eigenvalue weighted by atomic mass is 10.3. The number of para-hydroxylation sites is 1. The molecule has 122 valence electrons. The van der Waals surface area contributed by atoms with E-state index in [2.05, 4.69) is 44.2 Å². The number of nitrogens with one attached hydrogen (secondary N) is 1. The van der Waals surface area contributed by atoms with Crippen molar-refractivity contribution in [2.24, 2.45) is 0 Å². The summed E-state index contributed by atoms with van der Waals surface area (Å²) in [4.78, 5) is 15.7. The standard InChI is InChI=1S/C19H21N5/c1-3-24(17-10-5-4-6-11-17)19-22-15(2)13-18(23-19)21-14-16-9-7-8-12-20-16/h4-13H,3,14H2,1-2H3,(H,21,22,23). The Bertz CT molecular complexity index is 774. The largest absolute Gasteiger partial charge is 0.364 e. The highest BCUT2D eigenvalue weighted by molar-refractivity contribution is 5.58. The molecule has 2 heterocycles. The molecule has 0 saturated carbocycles. The van der Waals surface area contributed by atoms with Gasteiger partial charge in [-0.15, -0.1) is 0 Å². The zero-order valence-corrected chi connectivity index (χ0v) is 14.0. The van der Waals surface area contributed by atoms with Crippen LogP contribution in [-0.2, 0) is 6.54 Å². The first-order valence-corrected chi connectivity index (χ1v) is 8.08. The molecule has 0 spiro atoms. The van der Waals surface area contributed by atoms with Crippen molar-refractivity contribution in [1.29, 1.82) is 0 Å². The summed E-state index contributed by atoms with van der Waals surface area (Å²) in [6.45, 7) is 5.51. The van der Waals surface area contributed by atoms with Gasteiger partial charge in [0.25, 0.3) is 0 Å². The SMILES string of the molecule is CCN(c1ccccc1)c1nc(C)cc(NCc2ccccn2)n1. The van der Waals surface area contributed by atoms with E-state index in [-0.39, 0.29) is 0 Å². The lowest BCUT2D eigenvalue weighted by Gasteiger charge is -2.22. The van der Waals surface area contributed by atoms with E-state index >= 15 is 0 Å². The van der Waals surface area contributed by atoms with Crippen LogP contribution in [0.2, 0.25) is 0 Å². The highest BCUT2D eigenvalue weighted by Gasteiger charge is 2.11. The summed E-state index contributed by atoms with van der Waals surface area (Å²) in [6, 6.07) is 18.0. The zero-order chi connectivity index (χ0) is 16.8. The van der Waals surface area contributed by atoms with E-state index in [4.69, 9.17) is 0 Å². The number of nitrogens with zero attached hydrogens (tertiary/aromatic N) is 4. The van der Waals surface area contributed by atoms with Gasteiger partial charge in [-0.2, -0.15) is 4.98 Å². The molecule has 0 amide bonds. The Kier molecular flexibility index (Phi) is 5.01. The molecular formula is C19H21N5. The maximum Gasteiger partial charge on any atom is 0.232 e. The Hall–Kier alpha value is -2.95. The number of aromatic nitrogens is 3. The number of hydrogen-bond donors (Lipinski definition) is 1. The van der Waals surface area contributed by atoms with Gasteiger partial charge in [0, 0.05) is 30.2 Å². The molecule has 5 heteroatoms. The van der Waals surface area contributed by atoms with Crippen LogP contribution in [0.25, 0.3) is 0 Å². The predicted molar refractivity (Wildman–Crippen MR) is 97.5 cm³/mol. The summed E-state index contributed by atoms with van der Waals surface area (Å²) in [6.07, 6.45) is 1.79. The summed E-state index contributed by atoms with van der Waals surface area (Å²) in [5, 5.41) is 3.33. The van der Waals surface area contributed by atoms with Crippen LogP contribution in [0.5, 0.6) is 0 Å². The van der Waals surface area contributed by atoms with E-state index in [1.54, 1.807) is 6.20 Å². The van der Waals surface area contributed by atoms with Gasteiger partial charge in [-0.3, -0.25) is 4.98 Å². The van der Waals surface area contributed by atoms with Gasteiger partial charge in [-0.25, -0.2) is 4.98 Å². The van der Waals surface area contributed by atoms with Crippen molar-refractivity contribution in [3.05, 3.63) is 72.2 Å². The summed E-state index contributed by atoms with van der Waals surface area (Å²) in [5.74, 6) is 1.50. The van der Waals surface area contributed by atoms with E-state index < -0.39 is 0 Å². The summed E-state index contributed by atoms with van der Waals surface area (Å²) >= 11 is 0. The minimum absolute atomic E-state index is 0.633. The highest BCUT2D eigenvalue weighted by Crippen LogP contribution is 2.23.